The number of aliphatic hydroxyl groups excluding tert-OH is 1. The van der Waals surface area contributed by atoms with Crippen molar-refractivity contribution in [2.45, 2.75) is 33.1 Å². The summed E-state index contributed by atoms with van der Waals surface area (Å²) in [4.78, 5) is 2.83. The van der Waals surface area contributed by atoms with Crippen molar-refractivity contribution < 1.29 is 5.11 Å². The van der Waals surface area contributed by atoms with Crippen molar-refractivity contribution >= 4 is 0 Å². The fourth-order valence-electron chi connectivity index (χ4n) is 2.14. The largest absolute Gasteiger partial charge is 0.505 e. The molecule has 0 unspecified atom stereocenters. The zero-order valence-electron chi connectivity index (χ0n) is 9.98. The predicted molar refractivity (Wildman–Crippen MR) is 65.2 cm³/mol. The van der Waals surface area contributed by atoms with Crippen molar-refractivity contribution in [1.29, 1.82) is 5.39 Å². The van der Waals surface area contributed by atoms with Gasteiger partial charge in [-0.25, -0.2) is 0 Å². The minimum Gasteiger partial charge on any atom is -0.505 e. The lowest BCUT2D eigenvalue weighted by atomic mass is 9.77. The molecule has 1 rings (SSSR count). The topological polar surface area (TPSA) is 48.4 Å². The summed E-state index contributed by atoms with van der Waals surface area (Å²) < 4.78 is 0. The molecule has 0 radical (unpaired) electrons. The number of diazo groups is 1. The fourth-order valence-corrected chi connectivity index (χ4v) is 2.14. The predicted octanol–water partition coefficient (Wildman–Crippen LogP) is 4.18. The third-order valence-electron chi connectivity index (χ3n) is 3.30. The van der Waals surface area contributed by atoms with Crippen LogP contribution in [-0.4, -0.2) is 5.11 Å². The summed E-state index contributed by atoms with van der Waals surface area (Å²) in [5, 5.41) is 17.8. The highest BCUT2D eigenvalue weighted by Crippen LogP contribution is 2.35. The highest BCUT2D eigenvalue weighted by Gasteiger charge is 2.24. The summed E-state index contributed by atoms with van der Waals surface area (Å²) in [5.41, 5.74) is 2.50. The van der Waals surface area contributed by atoms with E-state index < -0.39 is 0 Å². The third-order valence-corrected chi connectivity index (χ3v) is 3.30. The van der Waals surface area contributed by atoms with E-state index in [-0.39, 0.29) is 5.76 Å². The van der Waals surface area contributed by atoms with Crippen LogP contribution in [0.2, 0.25) is 0 Å². The van der Waals surface area contributed by atoms with E-state index in [4.69, 9.17) is 5.39 Å². The van der Waals surface area contributed by atoms with Crippen molar-refractivity contribution in [1.82, 2.24) is 0 Å². The molecule has 16 heavy (non-hydrogen) atoms. The highest BCUT2D eigenvalue weighted by atomic mass is 16.3. The Morgan fingerprint density at radius 2 is 2.44 bits per heavy atom. The van der Waals surface area contributed by atoms with E-state index in [1.165, 1.54) is 11.1 Å². The average Bonchev–Trinajstić information content (AvgIpc) is 2.21. The zero-order valence-corrected chi connectivity index (χ0v) is 9.98. The summed E-state index contributed by atoms with van der Waals surface area (Å²) in [6.45, 7) is 8.13. The Bertz CT molecular complexity index is 374. The van der Waals surface area contributed by atoms with Gasteiger partial charge < -0.3 is 5.11 Å². The van der Waals surface area contributed by atoms with Crippen LogP contribution in [-0.2, 0) is 0 Å². The van der Waals surface area contributed by atoms with Gasteiger partial charge in [0.05, 0.1) is 0 Å². The maximum atomic E-state index is 9.50. The van der Waals surface area contributed by atoms with Crippen LogP contribution in [0.15, 0.2) is 35.8 Å². The van der Waals surface area contributed by atoms with Gasteiger partial charge in [0, 0.05) is 6.42 Å². The summed E-state index contributed by atoms with van der Waals surface area (Å²) in [7, 11) is 0. The van der Waals surface area contributed by atoms with E-state index >= 15 is 0 Å². The van der Waals surface area contributed by atoms with E-state index in [1.807, 2.05) is 0 Å². The number of hydrogen-bond donors (Lipinski definition) is 1. The minimum absolute atomic E-state index is 0.127. The molecular weight excluding hydrogens is 200 g/mol. The molecule has 0 saturated carbocycles. The SMILES string of the molecule is C=C(C)[C@H]1CC=C(C)[C@@H](C/C(O)=C/[N+]#N)C1. The van der Waals surface area contributed by atoms with E-state index in [2.05, 4.69) is 31.5 Å². The molecule has 0 saturated heterocycles. The second-order valence-electron chi connectivity index (χ2n) is 4.60. The molecule has 0 aromatic carbocycles. The molecule has 2 atom stereocenters. The summed E-state index contributed by atoms with van der Waals surface area (Å²) >= 11 is 0. The molecule has 0 aliphatic heterocycles. The van der Waals surface area contributed by atoms with Crippen LogP contribution in [0, 0.1) is 17.2 Å². The van der Waals surface area contributed by atoms with Gasteiger partial charge in [-0.05, 0) is 38.5 Å². The number of hydrogen-bond acceptors (Lipinski definition) is 2. The molecule has 1 aliphatic rings. The highest BCUT2D eigenvalue weighted by molar-refractivity contribution is 5.16. The van der Waals surface area contributed by atoms with Crippen molar-refractivity contribution in [3.05, 3.63) is 40.7 Å². The second-order valence-corrected chi connectivity index (χ2v) is 4.60. The molecule has 0 spiro atoms. The Hall–Kier alpha value is -1.56. The van der Waals surface area contributed by atoms with Gasteiger partial charge in [0.15, 0.2) is 10.7 Å². The van der Waals surface area contributed by atoms with E-state index in [0.29, 0.717) is 18.3 Å². The lowest BCUT2D eigenvalue weighted by molar-refractivity contribution is 0.333. The Labute approximate surface area is 96.8 Å². The molecule has 0 fully saturated rings. The standard InChI is InChI=1S/C13H18N2O/c1-9(2)11-5-4-10(3)12(6-11)7-13(16)8-15-14/h4,8,11-12H,1,5-7H2,2-3H3/p+1/b13-8-/t11-,12+/m0/s1. The first-order chi connectivity index (χ1) is 7.54. The maximum Gasteiger partial charge on any atom is 0.387 e. The van der Waals surface area contributed by atoms with Crippen LogP contribution in [0.25, 0.3) is 4.98 Å². The summed E-state index contributed by atoms with van der Waals surface area (Å²) in [6, 6.07) is 0. The second kappa shape index (κ2) is 5.50. The number of allylic oxidation sites excluding steroid dienone is 4. The zero-order chi connectivity index (χ0) is 12.1. The molecule has 1 aliphatic carbocycles. The van der Waals surface area contributed by atoms with Crippen molar-refractivity contribution in [3.63, 3.8) is 0 Å². The molecule has 86 valence electrons. The van der Waals surface area contributed by atoms with Gasteiger partial charge in [-0.1, -0.05) is 23.8 Å². The fraction of sp³-hybridized carbons (Fsp3) is 0.538. The molecule has 3 heteroatoms. The van der Waals surface area contributed by atoms with Crippen LogP contribution >= 0.6 is 0 Å². The molecule has 1 N–H and O–H groups in total. The Balaban J connectivity index is 2.70. The molecule has 0 heterocycles. The van der Waals surface area contributed by atoms with Gasteiger partial charge in [-0.2, -0.15) is 0 Å². The van der Waals surface area contributed by atoms with Gasteiger partial charge in [-0.15, -0.1) is 0 Å². The number of nitrogens with zero attached hydrogens (tertiary/aromatic N) is 2. The van der Waals surface area contributed by atoms with Crippen molar-refractivity contribution in [2.24, 2.45) is 11.8 Å². The van der Waals surface area contributed by atoms with E-state index in [0.717, 1.165) is 19.0 Å². The van der Waals surface area contributed by atoms with Crippen LogP contribution in [0.3, 0.4) is 0 Å². The molecule has 0 bridgehead atoms. The Morgan fingerprint density at radius 1 is 1.75 bits per heavy atom. The smallest absolute Gasteiger partial charge is 0.387 e. The Morgan fingerprint density at radius 3 is 3.00 bits per heavy atom. The van der Waals surface area contributed by atoms with Crippen LogP contribution in [0.1, 0.15) is 33.1 Å². The van der Waals surface area contributed by atoms with E-state index in [9.17, 15) is 5.11 Å². The van der Waals surface area contributed by atoms with Crippen LogP contribution in [0.4, 0.5) is 0 Å². The van der Waals surface area contributed by atoms with Crippen molar-refractivity contribution in [3.8, 4) is 0 Å². The third kappa shape index (κ3) is 3.23. The number of rotatable bonds is 3. The first-order valence-corrected chi connectivity index (χ1v) is 5.58. The summed E-state index contributed by atoms with van der Waals surface area (Å²) in [5.74, 6) is 0.962. The Kier molecular flexibility index (Phi) is 4.30. The molecule has 0 aromatic heterocycles. The molecule has 3 nitrogen and oxygen atoms in total. The first kappa shape index (κ1) is 12.5. The molecule has 0 amide bonds. The normalized spacial score (nSPS) is 25.8. The van der Waals surface area contributed by atoms with Gasteiger partial charge in [0.2, 0.25) is 5.39 Å². The monoisotopic (exact) mass is 219 g/mol. The van der Waals surface area contributed by atoms with E-state index in [1.54, 1.807) is 0 Å². The lowest BCUT2D eigenvalue weighted by Gasteiger charge is -2.28. The number of aliphatic hydroxyl groups is 1. The van der Waals surface area contributed by atoms with Crippen molar-refractivity contribution in [2.75, 3.05) is 0 Å². The average molecular weight is 219 g/mol. The lowest BCUT2D eigenvalue weighted by Crippen LogP contribution is -2.16. The maximum absolute atomic E-state index is 9.50. The molecule has 0 aromatic rings. The van der Waals surface area contributed by atoms with Gasteiger partial charge >= 0.3 is 6.20 Å². The van der Waals surface area contributed by atoms with Crippen LogP contribution < -0.4 is 0 Å². The minimum atomic E-state index is 0.127. The van der Waals surface area contributed by atoms with Gasteiger partial charge in [0.25, 0.3) is 0 Å². The van der Waals surface area contributed by atoms with Crippen LogP contribution in [0.5, 0.6) is 0 Å². The first-order valence-electron chi connectivity index (χ1n) is 5.58. The quantitative estimate of drug-likeness (QED) is 0.440. The van der Waals surface area contributed by atoms with Gasteiger partial charge in [-0.3, -0.25) is 0 Å². The van der Waals surface area contributed by atoms with Gasteiger partial charge in [0.1, 0.15) is 0 Å². The summed E-state index contributed by atoms with van der Waals surface area (Å²) in [6.07, 6.45) is 5.91. The molecular formula is C13H19N2O+.